The smallest absolute Gasteiger partial charge is 0.264 e. The molecule has 0 saturated heterocycles. The summed E-state index contributed by atoms with van der Waals surface area (Å²) in [7, 11) is 0.128. The van der Waals surface area contributed by atoms with Gasteiger partial charge in [-0.05, 0) is 76.9 Å². The van der Waals surface area contributed by atoms with E-state index in [-0.39, 0.29) is 22.9 Å². The van der Waals surface area contributed by atoms with Gasteiger partial charge >= 0.3 is 0 Å². The molecule has 14 heteroatoms. The summed E-state index contributed by atoms with van der Waals surface area (Å²) in [5.74, 6) is 0.723. The van der Waals surface area contributed by atoms with Crippen molar-refractivity contribution in [1.29, 1.82) is 0 Å². The molecule has 0 aliphatic carbocycles. The van der Waals surface area contributed by atoms with Gasteiger partial charge in [0.25, 0.3) is 15.9 Å². The first-order valence-electron chi connectivity index (χ1n) is 13.5. The quantitative estimate of drug-likeness (QED) is 0.115. The first kappa shape index (κ1) is 34.9. The number of benzene rings is 4. The second-order valence-corrected chi connectivity index (χ2v) is 13.3. The number of halogens is 3. The minimum absolute atomic E-state index is 0.00291. The maximum absolute atomic E-state index is 13.8. The van der Waals surface area contributed by atoms with E-state index >= 15 is 0 Å². The number of carbonyl (C=O) groups is 1. The number of aryl methyl sites for hydroxylation is 1. The predicted molar refractivity (Wildman–Crippen MR) is 182 cm³/mol. The maximum Gasteiger partial charge on any atom is 0.264 e. The Morgan fingerprint density at radius 2 is 1.65 bits per heavy atom. The van der Waals surface area contributed by atoms with Crippen molar-refractivity contribution < 1.29 is 32.2 Å². The molecule has 0 heterocycles. The molecular formula is C32H30BrCl2N3O7S. The molecule has 0 unspecified atom stereocenters. The Kier molecular flexibility index (Phi) is 11.8. The van der Waals surface area contributed by atoms with Gasteiger partial charge in [-0.1, -0.05) is 47.0 Å². The van der Waals surface area contributed by atoms with E-state index in [4.69, 9.17) is 42.1 Å². The van der Waals surface area contributed by atoms with E-state index in [9.17, 15) is 13.2 Å². The van der Waals surface area contributed by atoms with E-state index in [1.807, 2.05) is 6.92 Å². The van der Waals surface area contributed by atoms with Gasteiger partial charge < -0.3 is 18.9 Å². The highest BCUT2D eigenvalue weighted by Gasteiger charge is 2.30. The monoisotopic (exact) mass is 749 g/mol. The first-order valence-corrected chi connectivity index (χ1v) is 16.5. The van der Waals surface area contributed by atoms with Gasteiger partial charge in [-0.2, -0.15) is 5.10 Å². The van der Waals surface area contributed by atoms with E-state index in [0.29, 0.717) is 37.3 Å². The fraction of sp³-hybridized carbons (Fsp3) is 0.188. The normalized spacial score (nSPS) is 11.3. The summed E-state index contributed by atoms with van der Waals surface area (Å²) in [4.78, 5) is 13.1. The van der Waals surface area contributed by atoms with Crippen LogP contribution >= 0.6 is 39.1 Å². The lowest BCUT2D eigenvalue weighted by atomic mass is 10.2. The zero-order chi connectivity index (χ0) is 33.4. The number of ether oxygens (including phenoxy) is 4. The summed E-state index contributed by atoms with van der Waals surface area (Å²) in [6, 6.07) is 19.5. The summed E-state index contributed by atoms with van der Waals surface area (Å²) >= 11 is 15.7. The number of amides is 1. The van der Waals surface area contributed by atoms with E-state index in [1.54, 1.807) is 54.6 Å². The lowest BCUT2D eigenvalue weighted by Gasteiger charge is -2.25. The van der Waals surface area contributed by atoms with Crippen LogP contribution < -0.4 is 28.7 Å². The van der Waals surface area contributed by atoms with E-state index in [2.05, 4.69) is 26.5 Å². The van der Waals surface area contributed by atoms with Crippen LogP contribution in [0.25, 0.3) is 0 Å². The van der Waals surface area contributed by atoms with Crippen molar-refractivity contribution in [1.82, 2.24) is 5.43 Å². The highest BCUT2D eigenvalue weighted by Crippen LogP contribution is 2.38. The number of hydrogen-bond donors (Lipinski definition) is 1. The Hall–Kier alpha value is -3.97. The Balaban J connectivity index is 1.55. The second kappa shape index (κ2) is 15.5. The van der Waals surface area contributed by atoms with E-state index in [1.165, 1.54) is 45.7 Å². The first-order chi connectivity index (χ1) is 22.0. The van der Waals surface area contributed by atoms with Gasteiger partial charge in [-0.3, -0.25) is 9.10 Å². The van der Waals surface area contributed by atoms with Crippen LogP contribution in [0, 0.1) is 6.92 Å². The Labute approximate surface area is 286 Å². The molecule has 0 saturated carbocycles. The molecule has 46 heavy (non-hydrogen) atoms. The Morgan fingerprint density at radius 3 is 2.30 bits per heavy atom. The number of sulfonamides is 1. The predicted octanol–water partition coefficient (Wildman–Crippen LogP) is 7.01. The molecule has 0 aromatic heterocycles. The highest BCUT2D eigenvalue weighted by atomic mass is 79.9. The molecule has 0 aliphatic heterocycles. The topological polar surface area (TPSA) is 116 Å². The maximum atomic E-state index is 13.8. The van der Waals surface area contributed by atoms with E-state index in [0.717, 1.165) is 15.4 Å². The van der Waals surface area contributed by atoms with Crippen LogP contribution in [0.1, 0.15) is 16.7 Å². The average molecular weight is 751 g/mol. The van der Waals surface area contributed by atoms with Crippen molar-refractivity contribution in [3.8, 4) is 23.0 Å². The molecule has 10 nitrogen and oxygen atoms in total. The lowest BCUT2D eigenvalue weighted by Crippen LogP contribution is -2.39. The SMILES string of the molecule is COc1ccc(OC)c(N(CC(=O)N/N=C\c2cc(Br)c(OCc3ccc(Cl)cc3Cl)c(OC)c2)S(=O)(=O)c2ccc(C)cc2)c1. The largest absolute Gasteiger partial charge is 0.497 e. The third-order valence-electron chi connectivity index (χ3n) is 6.59. The summed E-state index contributed by atoms with van der Waals surface area (Å²) in [6.07, 6.45) is 1.38. The van der Waals surface area contributed by atoms with Crippen LogP contribution in [0.4, 0.5) is 5.69 Å². The third-order valence-corrected chi connectivity index (χ3v) is 9.54. The number of rotatable bonds is 13. The number of carbonyl (C=O) groups excluding carboxylic acids is 1. The number of nitrogens with zero attached hydrogens (tertiary/aromatic N) is 2. The highest BCUT2D eigenvalue weighted by molar-refractivity contribution is 9.10. The number of methoxy groups -OCH3 is 3. The summed E-state index contributed by atoms with van der Waals surface area (Å²) < 4.78 is 51.4. The molecule has 4 rings (SSSR count). The average Bonchev–Trinajstić information content (AvgIpc) is 3.03. The zero-order valence-electron chi connectivity index (χ0n) is 25.2. The summed E-state index contributed by atoms with van der Waals surface area (Å²) in [5.41, 5.74) is 4.68. The number of nitrogens with one attached hydrogen (secondary N) is 1. The third kappa shape index (κ3) is 8.43. The van der Waals surface area contributed by atoms with Crippen LogP contribution in [-0.2, 0) is 21.4 Å². The Bertz CT molecular complexity index is 1860. The van der Waals surface area contributed by atoms with Gasteiger partial charge in [-0.15, -0.1) is 0 Å². The van der Waals surface area contributed by atoms with Gasteiger partial charge in [0.05, 0.1) is 42.6 Å². The van der Waals surface area contributed by atoms with Gasteiger partial charge in [0.2, 0.25) is 0 Å². The van der Waals surface area contributed by atoms with Gasteiger partial charge in [0.15, 0.2) is 11.5 Å². The van der Waals surface area contributed by atoms with Crippen LogP contribution in [-0.4, -0.2) is 48.4 Å². The van der Waals surface area contributed by atoms with Crippen molar-refractivity contribution in [2.45, 2.75) is 18.4 Å². The van der Waals surface area contributed by atoms with Crippen LogP contribution in [0.5, 0.6) is 23.0 Å². The molecule has 0 bridgehead atoms. The molecule has 4 aromatic carbocycles. The molecular weight excluding hydrogens is 721 g/mol. The molecule has 0 aliphatic rings. The van der Waals surface area contributed by atoms with Crippen molar-refractivity contribution in [2.75, 3.05) is 32.2 Å². The fourth-order valence-electron chi connectivity index (χ4n) is 4.22. The summed E-state index contributed by atoms with van der Waals surface area (Å²) in [5, 5.41) is 5.03. The van der Waals surface area contributed by atoms with Crippen LogP contribution in [0.15, 0.2) is 87.3 Å². The lowest BCUT2D eigenvalue weighted by molar-refractivity contribution is -0.119. The molecule has 242 valence electrons. The molecule has 0 spiro atoms. The standard InChI is InChI=1S/C32H30BrCl2N3O7S/c1-20-5-10-25(11-6-20)46(40,41)38(28-16-24(42-2)9-12-29(28)43-3)18-31(39)37-36-17-21-13-26(33)32(30(14-21)44-4)45-19-22-7-8-23(34)15-27(22)35/h5-17H,18-19H2,1-4H3,(H,37,39)/b36-17-. The number of hydrogen-bond acceptors (Lipinski definition) is 8. The number of hydrazone groups is 1. The minimum Gasteiger partial charge on any atom is -0.497 e. The minimum atomic E-state index is -4.22. The molecule has 0 radical (unpaired) electrons. The Morgan fingerprint density at radius 1 is 0.935 bits per heavy atom. The van der Waals surface area contributed by atoms with Crippen molar-refractivity contribution >= 4 is 67.0 Å². The van der Waals surface area contributed by atoms with E-state index < -0.39 is 22.5 Å². The van der Waals surface area contributed by atoms with Crippen molar-refractivity contribution in [2.24, 2.45) is 5.10 Å². The zero-order valence-corrected chi connectivity index (χ0v) is 29.1. The van der Waals surface area contributed by atoms with Gasteiger partial charge in [-0.25, -0.2) is 13.8 Å². The van der Waals surface area contributed by atoms with Gasteiger partial charge in [0.1, 0.15) is 24.7 Å². The number of anilines is 1. The fourth-order valence-corrected chi connectivity index (χ4v) is 6.68. The van der Waals surface area contributed by atoms with Crippen LogP contribution in [0.3, 0.4) is 0 Å². The molecule has 1 N–H and O–H groups in total. The van der Waals surface area contributed by atoms with Gasteiger partial charge in [0, 0.05) is 21.7 Å². The second-order valence-electron chi connectivity index (χ2n) is 9.71. The molecule has 0 fully saturated rings. The molecule has 4 aromatic rings. The molecule has 0 atom stereocenters. The van der Waals surface area contributed by atoms with Crippen LogP contribution in [0.2, 0.25) is 10.0 Å². The van der Waals surface area contributed by atoms with Crippen molar-refractivity contribution in [3.63, 3.8) is 0 Å². The summed E-state index contributed by atoms with van der Waals surface area (Å²) in [6.45, 7) is 1.40. The molecule has 1 amide bonds. The van der Waals surface area contributed by atoms with Crippen molar-refractivity contribution in [3.05, 3.63) is 104 Å².